The molecule has 0 bridgehead atoms. The Morgan fingerprint density at radius 1 is 1.14 bits per heavy atom. The zero-order valence-electron chi connectivity index (χ0n) is 12.0. The van der Waals surface area contributed by atoms with Crippen LogP contribution in [0.3, 0.4) is 0 Å². The Hall–Kier alpha value is -1.88. The zero-order chi connectivity index (χ0) is 15.5. The molecule has 0 aliphatic heterocycles. The van der Waals surface area contributed by atoms with Crippen molar-refractivity contribution in [1.29, 1.82) is 0 Å². The fourth-order valence-electron chi connectivity index (χ4n) is 2.08. The van der Waals surface area contributed by atoms with E-state index in [0.717, 1.165) is 18.1 Å². The molecule has 0 heterocycles. The lowest BCUT2D eigenvalue weighted by atomic mass is 9.97. The lowest BCUT2D eigenvalue weighted by Crippen LogP contribution is -2.15. The van der Waals surface area contributed by atoms with Gasteiger partial charge in [0.2, 0.25) is 0 Å². The third kappa shape index (κ3) is 3.61. The van der Waals surface area contributed by atoms with Crippen molar-refractivity contribution in [1.82, 2.24) is 0 Å². The fourth-order valence-corrected chi connectivity index (χ4v) is 3.20. The number of para-hydroxylation sites is 1. The molecule has 0 fully saturated rings. The Morgan fingerprint density at radius 2 is 1.86 bits per heavy atom. The van der Waals surface area contributed by atoms with Crippen LogP contribution < -0.4 is 4.72 Å². The van der Waals surface area contributed by atoms with Crippen LogP contribution in [0.4, 0.5) is 10.1 Å². The first-order chi connectivity index (χ1) is 9.94. The van der Waals surface area contributed by atoms with Crippen molar-refractivity contribution in [2.24, 2.45) is 0 Å². The summed E-state index contributed by atoms with van der Waals surface area (Å²) in [7, 11) is -3.79. The molecule has 0 unspecified atom stereocenters. The molecular formula is C16H18FNO2S. The van der Waals surface area contributed by atoms with Crippen LogP contribution in [0.15, 0.2) is 53.4 Å². The number of halogens is 1. The zero-order valence-corrected chi connectivity index (χ0v) is 12.8. The molecule has 2 aromatic carbocycles. The molecule has 0 aliphatic carbocycles. The van der Waals surface area contributed by atoms with Crippen molar-refractivity contribution >= 4 is 15.7 Å². The van der Waals surface area contributed by atoms with Crippen molar-refractivity contribution < 1.29 is 12.8 Å². The first-order valence-electron chi connectivity index (χ1n) is 6.81. The van der Waals surface area contributed by atoms with Crippen LogP contribution in [0.5, 0.6) is 0 Å². The standard InChI is InChI=1S/C16H18FNO2S/c1-3-12(2)15-9-4-5-10-16(15)18-21(19,20)14-8-6-7-13(17)11-14/h4-12,18H,3H2,1-2H3/t12-/m0/s1. The summed E-state index contributed by atoms with van der Waals surface area (Å²) in [5, 5.41) is 0. The molecular weight excluding hydrogens is 289 g/mol. The van der Waals surface area contributed by atoms with Gasteiger partial charge in [0, 0.05) is 0 Å². The van der Waals surface area contributed by atoms with Crippen molar-refractivity contribution in [3.63, 3.8) is 0 Å². The van der Waals surface area contributed by atoms with Crippen LogP contribution in [0.25, 0.3) is 0 Å². The molecule has 2 aromatic rings. The Kier molecular flexibility index (Phi) is 4.63. The van der Waals surface area contributed by atoms with E-state index in [2.05, 4.69) is 4.72 Å². The van der Waals surface area contributed by atoms with Gasteiger partial charge in [-0.25, -0.2) is 12.8 Å². The molecule has 21 heavy (non-hydrogen) atoms. The monoisotopic (exact) mass is 307 g/mol. The minimum absolute atomic E-state index is 0.0820. The van der Waals surface area contributed by atoms with Crippen LogP contribution >= 0.6 is 0 Å². The Morgan fingerprint density at radius 3 is 2.52 bits per heavy atom. The number of hydrogen-bond donors (Lipinski definition) is 1. The Balaban J connectivity index is 2.38. The van der Waals surface area contributed by atoms with Gasteiger partial charge < -0.3 is 0 Å². The highest BCUT2D eigenvalue weighted by molar-refractivity contribution is 7.92. The number of hydrogen-bond acceptors (Lipinski definition) is 2. The van der Waals surface area contributed by atoms with Gasteiger partial charge in [-0.15, -0.1) is 0 Å². The Bertz CT molecular complexity index is 729. The molecule has 0 saturated heterocycles. The molecule has 1 N–H and O–H groups in total. The number of benzene rings is 2. The lowest BCUT2D eigenvalue weighted by molar-refractivity contribution is 0.595. The largest absolute Gasteiger partial charge is 0.279 e. The summed E-state index contributed by atoms with van der Waals surface area (Å²) in [6, 6.07) is 12.2. The molecule has 0 saturated carbocycles. The fraction of sp³-hybridized carbons (Fsp3) is 0.250. The van der Waals surface area contributed by atoms with E-state index in [0.29, 0.717) is 5.69 Å². The van der Waals surface area contributed by atoms with E-state index < -0.39 is 15.8 Å². The highest BCUT2D eigenvalue weighted by Crippen LogP contribution is 2.28. The molecule has 0 radical (unpaired) electrons. The van der Waals surface area contributed by atoms with Gasteiger partial charge in [0.1, 0.15) is 5.82 Å². The normalized spacial score (nSPS) is 12.9. The van der Waals surface area contributed by atoms with Crippen LogP contribution in [0.1, 0.15) is 31.7 Å². The predicted molar refractivity (Wildman–Crippen MR) is 82.4 cm³/mol. The minimum Gasteiger partial charge on any atom is -0.279 e. The molecule has 2 rings (SSSR count). The molecule has 0 amide bonds. The summed E-state index contributed by atoms with van der Waals surface area (Å²) in [6.45, 7) is 4.08. The van der Waals surface area contributed by atoms with E-state index >= 15 is 0 Å². The minimum atomic E-state index is -3.79. The smallest absolute Gasteiger partial charge is 0.262 e. The summed E-state index contributed by atoms with van der Waals surface area (Å²) in [5.41, 5.74) is 1.47. The topological polar surface area (TPSA) is 46.2 Å². The predicted octanol–water partition coefficient (Wildman–Crippen LogP) is 4.14. The van der Waals surface area contributed by atoms with Crippen molar-refractivity contribution in [2.45, 2.75) is 31.1 Å². The average Bonchev–Trinajstić information content (AvgIpc) is 2.46. The summed E-state index contributed by atoms with van der Waals surface area (Å²) < 4.78 is 40.4. The van der Waals surface area contributed by atoms with Crippen molar-refractivity contribution in [3.05, 3.63) is 59.9 Å². The van der Waals surface area contributed by atoms with Crippen LogP contribution in [0.2, 0.25) is 0 Å². The SMILES string of the molecule is CC[C@H](C)c1ccccc1NS(=O)(=O)c1cccc(F)c1. The summed E-state index contributed by atoms with van der Waals surface area (Å²) >= 11 is 0. The maximum Gasteiger partial charge on any atom is 0.262 e. The van der Waals surface area contributed by atoms with Gasteiger partial charge >= 0.3 is 0 Å². The van der Waals surface area contributed by atoms with Gasteiger partial charge in [-0.1, -0.05) is 38.1 Å². The highest BCUT2D eigenvalue weighted by atomic mass is 32.2. The van der Waals surface area contributed by atoms with Crippen molar-refractivity contribution in [3.8, 4) is 0 Å². The quantitative estimate of drug-likeness (QED) is 0.902. The van der Waals surface area contributed by atoms with Crippen molar-refractivity contribution in [2.75, 3.05) is 4.72 Å². The van der Waals surface area contributed by atoms with Gasteiger partial charge in [0.15, 0.2) is 0 Å². The second kappa shape index (κ2) is 6.26. The second-order valence-corrected chi connectivity index (χ2v) is 6.64. The lowest BCUT2D eigenvalue weighted by Gasteiger charge is -2.16. The maximum absolute atomic E-state index is 13.2. The first kappa shape index (κ1) is 15.5. The molecule has 0 aromatic heterocycles. The number of anilines is 1. The number of nitrogens with one attached hydrogen (secondary N) is 1. The van der Waals surface area contributed by atoms with E-state index in [-0.39, 0.29) is 10.8 Å². The van der Waals surface area contributed by atoms with Crippen LogP contribution in [-0.2, 0) is 10.0 Å². The molecule has 0 spiro atoms. The summed E-state index contributed by atoms with van der Waals surface area (Å²) in [5.74, 6) is -0.343. The van der Waals surface area contributed by atoms with E-state index in [1.807, 2.05) is 26.0 Å². The summed E-state index contributed by atoms with van der Waals surface area (Å²) in [6.07, 6.45) is 0.901. The van der Waals surface area contributed by atoms with Gasteiger partial charge in [0.05, 0.1) is 10.6 Å². The number of rotatable bonds is 5. The average molecular weight is 307 g/mol. The Labute approximate surface area is 124 Å². The van der Waals surface area contributed by atoms with E-state index in [4.69, 9.17) is 0 Å². The molecule has 112 valence electrons. The second-order valence-electron chi connectivity index (χ2n) is 4.96. The highest BCUT2D eigenvalue weighted by Gasteiger charge is 2.17. The molecule has 5 heteroatoms. The van der Waals surface area contributed by atoms with Crippen LogP contribution in [0, 0.1) is 5.82 Å². The van der Waals surface area contributed by atoms with E-state index in [1.165, 1.54) is 18.2 Å². The van der Waals surface area contributed by atoms with Gasteiger partial charge in [0.25, 0.3) is 10.0 Å². The van der Waals surface area contributed by atoms with Gasteiger partial charge in [-0.3, -0.25) is 4.72 Å². The van der Waals surface area contributed by atoms with Crippen LogP contribution in [-0.4, -0.2) is 8.42 Å². The first-order valence-corrected chi connectivity index (χ1v) is 8.29. The van der Waals surface area contributed by atoms with Gasteiger partial charge in [-0.2, -0.15) is 0 Å². The maximum atomic E-state index is 13.2. The third-order valence-corrected chi connectivity index (χ3v) is 4.82. The third-order valence-electron chi connectivity index (χ3n) is 3.45. The summed E-state index contributed by atoms with van der Waals surface area (Å²) in [4.78, 5) is -0.0820. The molecule has 3 nitrogen and oxygen atoms in total. The van der Waals surface area contributed by atoms with Gasteiger partial charge in [-0.05, 0) is 42.2 Å². The molecule has 0 aliphatic rings. The number of sulfonamides is 1. The molecule has 1 atom stereocenters. The van der Waals surface area contributed by atoms with E-state index in [9.17, 15) is 12.8 Å². The van der Waals surface area contributed by atoms with E-state index in [1.54, 1.807) is 12.1 Å².